The Hall–Kier alpha value is -3.46. The van der Waals surface area contributed by atoms with Crippen molar-refractivity contribution in [3.8, 4) is 11.5 Å². The molecule has 0 saturated carbocycles. The van der Waals surface area contributed by atoms with E-state index in [2.05, 4.69) is 4.98 Å². The Morgan fingerprint density at radius 2 is 1.52 bits per heavy atom. The Kier molecular flexibility index (Phi) is 3.97. The lowest BCUT2D eigenvalue weighted by atomic mass is 10.0. The number of hydrogen-bond donors (Lipinski definition) is 0. The van der Waals surface area contributed by atoms with E-state index < -0.39 is 0 Å². The first-order valence-electron chi connectivity index (χ1n) is 8.03. The summed E-state index contributed by atoms with van der Waals surface area (Å²) in [5.41, 5.74) is 1.01. The van der Waals surface area contributed by atoms with E-state index in [4.69, 9.17) is 4.74 Å². The number of nitrogens with zero attached hydrogens (tertiary/aromatic N) is 1. The average Bonchev–Trinajstić information content (AvgIpc) is 2.68. The van der Waals surface area contributed by atoms with Gasteiger partial charge in [-0.3, -0.25) is 9.78 Å². The summed E-state index contributed by atoms with van der Waals surface area (Å²) in [4.78, 5) is 17.3. The molecule has 120 valence electrons. The van der Waals surface area contributed by atoms with Gasteiger partial charge in [-0.1, -0.05) is 54.6 Å². The molecule has 0 atom stereocenters. The van der Waals surface area contributed by atoms with E-state index in [0.29, 0.717) is 17.0 Å². The third-order valence-electron chi connectivity index (χ3n) is 3.96. The van der Waals surface area contributed by atoms with Crippen LogP contribution in [0.3, 0.4) is 0 Å². The molecule has 1 heterocycles. The third kappa shape index (κ3) is 3.12. The van der Waals surface area contributed by atoms with Crippen molar-refractivity contribution < 1.29 is 9.53 Å². The van der Waals surface area contributed by atoms with E-state index in [-0.39, 0.29) is 5.78 Å². The Bertz CT molecular complexity index is 1040. The molecule has 4 rings (SSSR count). The molecule has 0 N–H and O–H groups in total. The number of carbonyl (C=O) groups is 1. The van der Waals surface area contributed by atoms with Gasteiger partial charge >= 0.3 is 0 Å². The number of aromatic nitrogens is 1. The van der Waals surface area contributed by atoms with Gasteiger partial charge in [0.25, 0.3) is 0 Å². The lowest BCUT2D eigenvalue weighted by Gasteiger charge is -2.08. The predicted molar refractivity (Wildman–Crippen MR) is 98.1 cm³/mol. The standard InChI is InChI=1S/C22H15NO2/c24-22(21-20-12-5-4-7-16(20)13-14-23-21)17-8-6-11-19(15-17)25-18-9-2-1-3-10-18/h1-15H. The normalized spacial score (nSPS) is 10.6. The molecule has 0 aliphatic carbocycles. The second-order valence-corrected chi connectivity index (χ2v) is 5.65. The lowest BCUT2D eigenvalue weighted by molar-refractivity contribution is 0.103. The maximum atomic E-state index is 12.9. The van der Waals surface area contributed by atoms with E-state index in [0.717, 1.165) is 16.5 Å². The second-order valence-electron chi connectivity index (χ2n) is 5.65. The zero-order valence-electron chi connectivity index (χ0n) is 13.4. The SMILES string of the molecule is O=C(c1cccc(Oc2ccccc2)c1)c1nccc2ccccc12. The molecule has 0 aliphatic rings. The van der Waals surface area contributed by atoms with Gasteiger partial charge in [-0.05, 0) is 35.7 Å². The number of rotatable bonds is 4. The largest absolute Gasteiger partial charge is 0.457 e. The lowest BCUT2D eigenvalue weighted by Crippen LogP contribution is -2.05. The molecule has 0 unspecified atom stereocenters. The Labute approximate surface area is 145 Å². The first-order chi connectivity index (χ1) is 12.3. The average molecular weight is 325 g/mol. The number of fused-ring (bicyclic) bond motifs is 1. The number of hydrogen-bond acceptors (Lipinski definition) is 3. The molecule has 0 spiro atoms. The van der Waals surface area contributed by atoms with Crippen LogP contribution in [0.25, 0.3) is 10.8 Å². The van der Waals surface area contributed by atoms with E-state index in [1.165, 1.54) is 0 Å². The minimum Gasteiger partial charge on any atom is -0.457 e. The Morgan fingerprint density at radius 3 is 2.40 bits per heavy atom. The molecule has 0 radical (unpaired) electrons. The molecule has 3 aromatic carbocycles. The maximum absolute atomic E-state index is 12.9. The van der Waals surface area contributed by atoms with Crippen LogP contribution in [0.5, 0.6) is 11.5 Å². The quantitative estimate of drug-likeness (QED) is 0.481. The molecule has 0 saturated heterocycles. The second kappa shape index (κ2) is 6.57. The minimum atomic E-state index is -0.115. The smallest absolute Gasteiger partial charge is 0.212 e. The van der Waals surface area contributed by atoms with E-state index >= 15 is 0 Å². The van der Waals surface area contributed by atoms with Crippen molar-refractivity contribution in [2.24, 2.45) is 0 Å². The van der Waals surface area contributed by atoms with E-state index in [1.54, 1.807) is 18.3 Å². The molecule has 0 aliphatic heterocycles. The fourth-order valence-electron chi connectivity index (χ4n) is 2.76. The number of ether oxygens (including phenoxy) is 1. The van der Waals surface area contributed by atoms with Crippen molar-refractivity contribution in [2.45, 2.75) is 0 Å². The molecular formula is C22H15NO2. The minimum absolute atomic E-state index is 0.115. The van der Waals surface area contributed by atoms with Crippen molar-refractivity contribution in [3.63, 3.8) is 0 Å². The van der Waals surface area contributed by atoms with Crippen LogP contribution in [0.15, 0.2) is 91.1 Å². The molecule has 4 aromatic rings. The number of para-hydroxylation sites is 1. The maximum Gasteiger partial charge on any atom is 0.212 e. The monoisotopic (exact) mass is 325 g/mol. The van der Waals surface area contributed by atoms with Gasteiger partial charge in [0.15, 0.2) is 0 Å². The summed E-state index contributed by atoms with van der Waals surface area (Å²) < 4.78 is 5.82. The zero-order valence-corrected chi connectivity index (χ0v) is 13.4. The van der Waals surface area contributed by atoms with Gasteiger partial charge in [-0.15, -0.1) is 0 Å². The van der Waals surface area contributed by atoms with Gasteiger partial charge in [-0.2, -0.15) is 0 Å². The van der Waals surface area contributed by atoms with Crippen molar-refractivity contribution in [1.82, 2.24) is 4.98 Å². The summed E-state index contributed by atoms with van der Waals surface area (Å²) in [5.74, 6) is 1.24. The molecule has 1 aromatic heterocycles. The highest BCUT2D eigenvalue weighted by atomic mass is 16.5. The fourth-order valence-corrected chi connectivity index (χ4v) is 2.76. The van der Waals surface area contributed by atoms with Crippen LogP contribution < -0.4 is 4.74 Å². The summed E-state index contributed by atoms with van der Waals surface area (Å²) in [7, 11) is 0. The first kappa shape index (κ1) is 15.1. The van der Waals surface area contributed by atoms with Crippen molar-refractivity contribution in [2.75, 3.05) is 0 Å². The van der Waals surface area contributed by atoms with Gasteiger partial charge in [-0.25, -0.2) is 0 Å². The van der Waals surface area contributed by atoms with Crippen molar-refractivity contribution in [1.29, 1.82) is 0 Å². The van der Waals surface area contributed by atoms with Crippen LogP contribution >= 0.6 is 0 Å². The predicted octanol–water partition coefficient (Wildman–Crippen LogP) is 5.26. The van der Waals surface area contributed by atoms with Gasteiger partial charge in [0.2, 0.25) is 5.78 Å². The van der Waals surface area contributed by atoms with Crippen LogP contribution in [-0.4, -0.2) is 10.8 Å². The van der Waals surface area contributed by atoms with Crippen LogP contribution in [-0.2, 0) is 0 Å². The third-order valence-corrected chi connectivity index (χ3v) is 3.96. The number of pyridine rings is 1. The highest BCUT2D eigenvalue weighted by Crippen LogP contribution is 2.24. The summed E-state index contributed by atoms with van der Waals surface area (Å²) >= 11 is 0. The summed E-state index contributed by atoms with van der Waals surface area (Å²) in [6, 6.07) is 26.3. The van der Waals surface area contributed by atoms with Gasteiger partial charge in [0.05, 0.1) is 0 Å². The van der Waals surface area contributed by atoms with Crippen LogP contribution in [0.2, 0.25) is 0 Å². The fraction of sp³-hybridized carbons (Fsp3) is 0. The molecule has 0 bridgehead atoms. The van der Waals surface area contributed by atoms with Crippen LogP contribution in [0.1, 0.15) is 16.1 Å². The van der Waals surface area contributed by atoms with Gasteiger partial charge in [0, 0.05) is 17.1 Å². The van der Waals surface area contributed by atoms with E-state index in [1.807, 2.05) is 72.8 Å². The summed E-state index contributed by atoms with van der Waals surface area (Å²) in [6.07, 6.45) is 1.67. The van der Waals surface area contributed by atoms with Crippen molar-refractivity contribution >= 4 is 16.6 Å². The molecule has 0 fully saturated rings. The summed E-state index contributed by atoms with van der Waals surface area (Å²) in [5, 5.41) is 1.85. The van der Waals surface area contributed by atoms with Crippen LogP contribution in [0.4, 0.5) is 0 Å². The Morgan fingerprint density at radius 1 is 0.760 bits per heavy atom. The van der Waals surface area contributed by atoms with E-state index in [9.17, 15) is 4.79 Å². The number of benzene rings is 3. The Balaban J connectivity index is 1.69. The van der Waals surface area contributed by atoms with Crippen LogP contribution in [0, 0.1) is 0 Å². The summed E-state index contributed by atoms with van der Waals surface area (Å²) in [6.45, 7) is 0. The molecule has 25 heavy (non-hydrogen) atoms. The zero-order chi connectivity index (χ0) is 17.1. The molecule has 3 heteroatoms. The van der Waals surface area contributed by atoms with Crippen molar-refractivity contribution in [3.05, 3.63) is 102 Å². The molecular weight excluding hydrogens is 310 g/mol. The topological polar surface area (TPSA) is 39.2 Å². The highest BCUT2D eigenvalue weighted by molar-refractivity contribution is 6.15. The van der Waals surface area contributed by atoms with Gasteiger partial charge in [0.1, 0.15) is 17.2 Å². The first-order valence-corrected chi connectivity index (χ1v) is 8.03. The molecule has 0 amide bonds. The molecule has 3 nitrogen and oxygen atoms in total. The number of ketones is 1. The van der Waals surface area contributed by atoms with Gasteiger partial charge < -0.3 is 4.74 Å². The number of carbonyl (C=O) groups excluding carboxylic acids is 1. The highest BCUT2D eigenvalue weighted by Gasteiger charge is 2.14.